The molecule has 3 aromatic rings. The van der Waals surface area contributed by atoms with Gasteiger partial charge in [0.15, 0.2) is 0 Å². The maximum Gasteiger partial charge on any atom is -0.0771 e. The van der Waals surface area contributed by atoms with Crippen LogP contribution in [0.15, 0.2) is 54.6 Å². The second-order valence-electron chi connectivity index (χ2n) is 7.59. The van der Waals surface area contributed by atoms with E-state index in [1.54, 1.807) is 0 Å². The second kappa shape index (κ2) is 16.5. The molecule has 0 aromatic heterocycles. The zero-order chi connectivity index (χ0) is 21.7. The molecule has 0 aliphatic rings. The van der Waals surface area contributed by atoms with Gasteiger partial charge in [0.1, 0.15) is 0 Å². The smallest absolute Gasteiger partial charge is 0.0771 e. The summed E-state index contributed by atoms with van der Waals surface area (Å²) in [6.07, 6.45) is 0. The zero-order valence-corrected chi connectivity index (χ0v) is 23.5. The molecule has 0 saturated carbocycles. The Morgan fingerprint density at radius 1 is 1.00 bits per heavy atom. The molecule has 0 aliphatic carbocycles. The van der Waals surface area contributed by atoms with E-state index >= 15 is 0 Å². The third-order valence-electron chi connectivity index (χ3n) is 3.13. The van der Waals surface area contributed by atoms with Crippen molar-refractivity contribution < 1.29 is 24.0 Å². The SMILES string of the molecule is CC(C)(C)[NH-].C[Si](C)CCO.[CH2]=[Zr]([Cl])[Cl].[CH3-].c1ccc2c(c1)[cH-]c1ccccc12. The summed E-state index contributed by atoms with van der Waals surface area (Å²) in [7, 11) is 10.1. The molecule has 3 rings (SSSR count). The van der Waals surface area contributed by atoms with Crippen LogP contribution >= 0.6 is 17.0 Å². The molecule has 3 aromatic carbocycles. The molecule has 0 bridgehead atoms. The van der Waals surface area contributed by atoms with Crippen molar-refractivity contribution in [3.05, 3.63) is 67.8 Å². The minimum absolute atomic E-state index is 0. The molecule has 0 amide bonds. The van der Waals surface area contributed by atoms with Gasteiger partial charge in [0.2, 0.25) is 0 Å². The van der Waals surface area contributed by atoms with Crippen molar-refractivity contribution in [3.63, 3.8) is 0 Å². The van der Waals surface area contributed by atoms with Crippen molar-refractivity contribution in [1.82, 2.24) is 0 Å². The van der Waals surface area contributed by atoms with Crippen molar-refractivity contribution in [3.8, 4) is 0 Å². The summed E-state index contributed by atoms with van der Waals surface area (Å²) in [4.78, 5) is 0. The second-order valence-corrected chi connectivity index (χ2v) is 18.7. The monoisotopic (exact) mass is 529 g/mol. The van der Waals surface area contributed by atoms with Crippen LogP contribution in [0.25, 0.3) is 27.3 Å². The van der Waals surface area contributed by atoms with Gasteiger partial charge in [0, 0.05) is 15.4 Å². The van der Waals surface area contributed by atoms with Gasteiger partial charge in [-0.05, 0) is 6.04 Å². The minimum atomic E-state index is -1.85. The Morgan fingerprint density at radius 2 is 1.31 bits per heavy atom. The number of aliphatic hydroxyl groups excluding tert-OH is 1. The van der Waals surface area contributed by atoms with Gasteiger partial charge in [0.25, 0.3) is 0 Å². The van der Waals surface area contributed by atoms with Gasteiger partial charge < -0.3 is 18.3 Å². The number of hydrogen-bond acceptors (Lipinski definition) is 1. The third kappa shape index (κ3) is 17.2. The molecular weight excluding hydrogens is 496 g/mol. The normalized spacial score (nSPS) is 10.0. The Balaban J connectivity index is 0. The van der Waals surface area contributed by atoms with Crippen molar-refractivity contribution in [1.29, 1.82) is 0 Å². The fraction of sp³-hybridized carbons (Fsp3) is 0.348. The van der Waals surface area contributed by atoms with Gasteiger partial charge in [0.05, 0.1) is 0 Å². The van der Waals surface area contributed by atoms with Crippen LogP contribution in [0.2, 0.25) is 19.1 Å². The van der Waals surface area contributed by atoms with Gasteiger partial charge in [-0.15, -0.1) is 45.3 Å². The molecule has 2 N–H and O–H groups in total. The summed E-state index contributed by atoms with van der Waals surface area (Å²) in [6.45, 7) is 10.3. The minimum Gasteiger partial charge on any atom is -0.358 e. The standard InChI is InChI=1S/C13H9.C4H10N.C4H11OSi.CH3.CH2.2ClH.Zr/c1-3-7-12-10(5-1)9-11-6-2-4-8-13(11)12;1-4(2,3)5;1-6(2)4-3-5;;;;;/h1-9H;5H,1-3H3;5H,3-4H2,1-2H3;1H3;1H2;2*1H;/q2*-1;;-1;;;;+2/p-2. The van der Waals surface area contributed by atoms with Gasteiger partial charge in [-0.25, -0.2) is 0 Å². The third-order valence-corrected chi connectivity index (χ3v) is 4.36. The first-order valence-electron chi connectivity index (χ1n) is 9.13. The van der Waals surface area contributed by atoms with E-state index in [9.17, 15) is 0 Å². The Hall–Kier alpha value is -0.220. The number of benzene rings is 2. The molecule has 0 spiro atoms. The molecule has 0 atom stereocenters. The summed E-state index contributed by atoms with van der Waals surface area (Å²) in [5.41, 5.74) is 6.69. The quantitative estimate of drug-likeness (QED) is 0.264. The molecule has 6 heteroatoms. The van der Waals surface area contributed by atoms with Gasteiger partial charge in [-0.3, -0.25) is 0 Å². The van der Waals surface area contributed by atoms with Crippen LogP contribution < -0.4 is 0 Å². The Morgan fingerprint density at radius 3 is 1.55 bits per heavy atom. The van der Waals surface area contributed by atoms with Crippen LogP contribution in [0.4, 0.5) is 0 Å². The van der Waals surface area contributed by atoms with Crippen LogP contribution in [0.3, 0.4) is 0 Å². The van der Waals surface area contributed by atoms with E-state index in [-0.39, 0.29) is 21.8 Å². The summed E-state index contributed by atoms with van der Waals surface area (Å²) < 4.78 is 3.37. The first-order valence-corrected chi connectivity index (χ1v) is 19.9. The van der Waals surface area contributed by atoms with Crippen LogP contribution in [0.1, 0.15) is 20.8 Å². The number of rotatable bonds is 2. The first-order chi connectivity index (χ1) is 13.0. The maximum absolute atomic E-state index is 8.26. The topological polar surface area (TPSA) is 44.0 Å². The fourth-order valence-corrected chi connectivity index (χ4v) is 2.57. The Bertz CT molecular complexity index is 768. The van der Waals surface area contributed by atoms with E-state index in [2.05, 4.69) is 71.9 Å². The van der Waals surface area contributed by atoms with Crippen LogP contribution in [0, 0.1) is 7.43 Å². The number of fused-ring (bicyclic) bond motifs is 3. The molecule has 0 unspecified atom stereocenters. The van der Waals surface area contributed by atoms with Gasteiger partial charge >= 0.3 is 40.1 Å². The summed E-state index contributed by atoms with van der Waals surface area (Å²) in [5, 5.41) is 13.7. The molecule has 1 radical (unpaired) electrons. The molecule has 2 nitrogen and oxygen atoms in total. The predicted molar refractivity (Wildman–Crippen MR) is 136 cm³/mol. The summed E-state index contributed by atoms with van der Waals surface area (Å²) in [5.74, 6) is 0. The van der Waals surface area contributed by atoms with E-state index in [0.717, 1.165) is 6.04 Å². The molecule has 0 fully saturated rings. The molecule has 0 saturated heterocycles. The van der Waals surface area contributed by atoms with E-state index in [1.807, 2.05) is 20.8 Å². The molecule has 0 heterocycles. The fourth-order valence-electron chi connectivity index (χ4n) is 2.13. The van der Waals surface area contributed by atoms with Crippen molar-refractivity contribution in [2.75, 3.05) is 6.61 Å². The average molecular weight is 532 g/mol. The van der Waals surface area contributed by atoms with E-state index in [4.69, 9.17) is 27.9 Å². The predicted octanol–water partition coefficient (Wildman–Crippen LogP) is 8.08. The van der Waals surface area contributed by atoms with E-state index < -0.39 is 18.9 Å². The van der Waals surface area contributed by atoms with E-state index in [0.29, 0.717) is 6.61 Å². The van der Waals surface area contributed by atoms with Crippen LogP contribution in [-0.2, 0) is 18.9 Å². The van der Waals surface area contributed by atoms with Gasteiger partial charge in [-0.2, -0.15) is 0 Å². The number of halogens is 2. The largest absolute Gasteiger partial charge is 0.358 e. The van der Waals surface area contributed by atoms with Crippen molar-refractivity contribution >= 4 is 51.6 Å². The van der Waals surface area contributed by atoms with Crippen LogP contribution in [0.5, 0.6) is 0 Å². The van der Waals surface area contributed by atoms with Crippen molar-refractivity contribution in [2.45, 2.75) is 45.4 Å². The first kappa shape index (κ1) is 31.0. The number of hydrogen-bond donors (Lipinski definition) is 1. The molecule has 163 valence electrons. The Kier molecular flexibility index (Phi) is 17.6. The van der Waals surface area contributed by atoms with Crippen molar-refractivity contribution in [2.24, 2.45) is 0 Å². The molecular formula is C23H35Cl2NOSiZr-3. The zero-order valence-electron chi connectivity index (χ0n) is 18.5. The summed E-state index contributed by atoms with van der Waals surface area (Å²) in [6, 6.07) is 20.3. The maximum atomic E-state index is 8.26. The van der Waals surface area contributed by atoms with E-state index in [1.165, 1.54) is 21.5 Å². The molecule has 0 aliphatic heterocycles. The van der Waals surface area contributed by atoms with Crippen LogP contribution in [-0.4, -0.2) is 30.3 Å². The number of aliphatic hydroxyl groups is 1. The number of nitrogens with one attached hydrogen (secondary N) is 1. The summed E-state index contributed by atoms with van der Waals surface area (Å²) >= 11 is -1.85. The Labute approximate surface area is 194 Å². The average Bonchev–Trinajstić information content (AvgIpc) is 2.92. The molecule has 29 heavy (non-hydrogen) atoms. The van der Waals surface area contributed by atoms with Gasteiger partial charge in [-0.1, -0.05) is 70.3 Å².